The topological polar surface area (TPSA) is 69.5 Å². The molecule has 27 heavy (non-hydrogen) atoms. The molecule has 4 heterocycles. The van der Waals surface area contributed by atoms with E-state index in [4.69, 9.17) is 9.47 Å². The molecule has 2 aliphatic heterocycles. The third-order valence-corrected chi connectivity index (χ3v) is 6.57. The summed E-state index contributed by atoms with van der Waals surface area (Å²) in [5, 5.41) is 4.35. The SMILES string of the molecule is COCCn1ccc(C(=O)N2CC3(C[C@@H](OCc4ccccn4)CS3)C2)n1. The van der Waals surface area contributed by atoms with Gasteiger partial charge in [0, 0.05) is 38.3 Å². The zero-order valence-corrected chi connectivity index (χ0v) is 16.2. The van der Waals surface area contributed by atoms with Crippen LogP contribution in [0.5, 0.6) is 0 Å². The number of carbonyl (C=O) groups excluding carboxylic acids is 1. The van der Waals surface area contributed by atoms with Gasteiger partial charge in [0.15, 0.2) is 0 Å². The Kier molecular flexibility index (Phi) is 5.47. The second-order valence-corrected chi connectivity index (χ2v) is 8.56. The van der Waals surface area contributed by atoms with Crippen molar-refractivity contribution in [2.24, 2.45) is 0 Å². The Bertz CT molecular complexity index is 776. The van der Waals surface area contributed by atoms with Crippen LogP contribution in [-0.4, -0.2) is 69.0 Å². The number of amides is 1. The molecule has 2 fully saturated rings. The highest BCUT2D eigenvalue weighted by Gasteiger charge is 2.51. The highest BCUT2D eigenvalue weighted by atomic mass is 32.2. The number of likely N-dealkylation sites (tertiary alicyclic amines) is 1. The predicted octanol–water partition coefficient (Wildman–Crippen LogP) is 1.84. The van der Waals surface area contributed by atoms with Crippen molar-refractivity contribution in [2.75, 3.05) is 32.6 Å². The average molecular weight is 388 g/mol. The number of nitrogens with zero attached hydrogens (tertiary/aromatic N) is 4. The van der Waals surface area contributed by atoms with Crippen LogP contribution in [0.4, 0.5) is 0 Å². The molecule has 8 heteroatoms. The minimum atomic E-state index is 0.00949. The number of hydrogen-bond acceptors (Lipinski definition) is 6. The molecule has 0 bridgehead atoms. The van der Waals surface area contributed by atoms with Gasteiger partial charge in [0.2, 0.25) is 0 Å². The second-order valence-electron chi connectivity index (χ2n) is 7.07. The first kappa shape index (κ1) is 18.5. The summed E-state index contributed by atoms with van der Waals surface area (Å²) < 4.78 is 13.0. The Labute approximate surface area is 163 Å². The van der Waals surface area contributed by atoms with Gasteiger partial charge < -0.3 is 14.4 Å². The van der Waals surface area contributed by atoms with Gasteiger partial charge in [0.1, 0.15) is 5.69 Å². The monoisotopic (exact) mass is 388 g/mol. The lowest BCUT2D eigenvalue weighted by Gasteiger charge is -2.47. The minimum absolute atomic E-state index is 0.00949. The lowest BCUT2D eigenvalue weighted by molar-refractivity contribution is 0.0242. The molecule has 4 rings (SSSR count). The van der Waals surface area contributed by atoms with Gasteiger partial charge in [-0.25, -0.2) is 0 Å². The average Bonchev–Trinajstić information content (AvgIpc) is 3.31. The summed E-state index contributed by atoms with van der Waals surface area (Å²) in [5.74, 6) is 0.982. The third kappa shape index (κ3) is 4.17. The smallest absolute Gasteiger partial charge is 0.274 e. The fraction of sp³-hybridized carbons (Fsp3) is 0.526. The lowest BCUT2D eigenvalue weighted by Crippen LogP contribution is -2.60. The van der Waals surface area contributed by atoms with E-state index in [1.165, 1.54) is 0 Å². The molecule has 2 aromatic rings. The number of aromatic nitrogens is 3. The summed E-state index contributed by atoms with van der Waals surface area (Å²) in [5.41, 5.74) is 1.46. The molecule has 0 saturated carbocycles. The molecule has 1 amide bonds. The van der Waals surface area contributed by atoms with Crippen LogP contribution in [0.2, 0.25) is 0 Å². The number of rotatable bonds is 7. The number of methoxy groups -OCH3 is 1. The molecule has 0 aromatic carbocycles. The van der Waals surface area contributed by atoms with Gasteiger partial charge in [-0.3, -0.25) is 14.5 Å². The minimum Gasteiger partial charge on any atom is -0.383 e. The second kappa shape index (κ2) is 8.00. The van der Waals surface area contributed by atoms with Gasteiger partial charge in [-0.05, 0) is 24.6 Å². The van der Waals surface area contributed by atoms with E-state index in [1.807, 2.05) is 41.1 Å². The van der Waals surface area contributed by atoms with E-state index in [0.717, 1.165) is 31.0 Å². The van der Waals surface area contributed by atoms with E-state index in [-0.39, 0.29) is 16.8 Å². The highest BCUT2D eigenvalue weighted by Crippen LogP contribution is 2.46. The van der Waals surface area contributed by atoms with Crippen molar-refractivity contribution < 1.29 is 14.3 Å². The van der Waals surface area contributed by atoms with Crippen LogP contribution in [-0.2, 0) is 22.6 Å². The van der Waals surface area contributed by atoms with E-state index >= 15 is 0 Å². The molecule has 2 aromatic heterocycles. The maximum absolute atomic E-state index is 12.6. The molecule has 0 radical (unpaired) electrons. The Morgan fingerprint density at radius 1 is 1.37 bits per heavy atom. The van der Waals surface area contributed by atoms with E-state index in [1.54, 1.807) is 24.1 Å². The normalized spacial score (nSPS) is 20.8. The molecule has 1 atom stereocenters. The zero-order chi connectivity index (χ0) is 18.7. The molecule has 144 valence electrons. The fourth-order valence-electron chi connectivity index (χ4n) is 3.56. The van der Waals surface area contributed by atoms with Crippen LogP contribution in [0.1, 0.15) is 22.6 Å². The number of carbonyl (C=O) groups is 1. The first-order chi connectivity index (χ1) is 13.2. The van der Waals surface area contributed by atoms with Gasteiger partial charge in [0.25, 0.3) is 5.91 Å². The molecular formula is C19H24N4O3S. The fourth-order valence-corrected chi connectivity index (χ4v) is 5.11. The molecule has 1 spiro atoms. The first-order valence-electron chi connectivity index (χ1n) is 9.15. The summed E-state index contributed by atoms with van der Waals surface area (Å²) in [7, 11) is 1.65. The molecule has 0 aliphatic carbocycles. The van der Waals surface area contributed by atoms with Crippen LogP contribution in [0.15, 0.2) is 36.7 Å². The summed E-state index contributed by atoms with van der Waals surface area (Å²) in [6.07, 6.45) is 4.82. The van der Waals surface area contributed by atoms with Gasteiger partial charge >= 0.3 is 0 Å². The third-order valence-electron chi connectivity index (χ3n) is 5.00. The molecule has 0 N–H and O–H groups in total. The van der Waals surface area contributed by atoms with Crippen molar-refractivity contribution >= 4 is 17.7 Å². The summed E-state index contributed by atoms with van der Waals surface area (Å²) in [6.45, 7) is 3.32. The van der Waals surface area contributed by atoms with Gasteiger partial charge in [0.05, 0.1) is 36.3 Å². The summed E-state index contributed by atoms with van der Waals surface area (Å²) in [4.78, 5) is 18.8. The van der Waals surface area contributed by atoms with Crippen LogP contribution in [0.25, 0.3) is 0 Å². The van der Waals surface area contributed by atoms with Crippen molar-refractivity contribution in [2.45, 2.75) is 30.4 Å². The van der Waals surface area contributed by atoms with Crippen LogP contribution in [0, 0.1) is 0 Å². The van der Waals surface area contributed by atoms with Crippen molar-refractivity contribution in [3.63, 3.8) is 0 Å². The molecule has 2 saturated heterocycles. The summed E-state index contributed by atoms with van der Waals surface area (Å²) in [6, 6.07) is 7.64. The predicted molar refractivity (Wildman–Crippen MR) is 103 cm³/mol. The standard InChI is InChI=1S/C19H24N4O3S/c1-25-9-8-23-7-5-17(21-23)18(24)22-13-19(14-22)10-16(12-27-19)26-11-15-4-2-3-6-20-15/h2-7,16H,8-14H2,1H3/t16-/m1/s1. The molecule has 0 unspecified atom stereocenters. The van der Waals surface area contributed by atoms with Crippen molar-refractivity contribution in [3.05, 3.63) is 48.0 Å². The number of pyridine rings is 1. The highest BCUT2D eigenvalue weighted by molar-refractivity contribution is 8.01. The van der Waals surface area contributed by atoms with Gasteiger partial charge in [-0.2, -0.15) is 5.10 Å². The number of thioether (sulfide) groups is 1. The Morgan fingerprint density at radius 3 is 3.04 bits per heavy atom. The van der Waals surface area contributed by atoms with E-state index < -0.39 is 0 Å². The van der Waals surface area contributed by atoms with Crippen LogP contribution in [0.3, 0.4) is 0 Å². The van der Waals surface area contributed by atoms with E-state index in [2.05, 4.69) is 10.1 Å². The van der Waals surface area contributed by atoms with Crippen molar-refractivity contribution in [1.82, 2.24) is 19.7 Å². The first-order valence-corrected chi connectivity index (χ1v) is 10.1. The number of ether oxygens (including phenoxy) is 2. The quantitative estimate of drug-likeness (QED) is 0.721. The van der Waals surface area contributed by atoms with Crippen LogP contribution < -0.4 is 0 Å². The van der Waals surface area contributed by atoms with E-state index in [0.29, 0.717) is 25.5 Å². The van der Waals surface area contributed by atoms with E-state index in [9.17, 15) is 4.79 Å². The Morgan fingerprint density at radius 2 is 2.26 bits per heavy atom. The molecular weight excluding hydrogens is 364 g/mol. The van der Waals surface area contributed by atoms with Crippen molar-refractivity contribution in [3.8, 4) is 0 Å². The number of hydrogen-bond donors (Lipinski definition) is 0. The van der Waals surface area contributed by atoms with Gasteiger partial charge in [-0.15, -0.1) is 11.8 Å². The van der Waals surface area contributed by atoms with Crippen molar-refractivity contribution in [1.29, 1.82) is 0 Å². The zero-order valence-electron chi connectivity index (χ0n) is 15.4. The lowest BCUT2D eigenvalue weighted by atomic mass is 9.92. The van der Waals surface area contributed by atoms with Gasteiger partial charge in [-0.1, -0.05) is 6.07 Å². The summed E-state index contributed by atoms with van der Waals surface area (Å²) >= 11 is 1.93. The Balaban J connectivity index is 1.25. The maximum Gasteiger partial charge on any atom is 0.274 e. The Hall–Kier alpha value is -1.90. The van der Waals surface area contributed by atoms with Crippen LogP contribution >= 0.6 is 11.8 Å². The molecule has 2 aliphatic rings. The largest absolute Gasteiger partial charge is 0.383 e. The molecule has 7 nitrogen and oxygen atoms in total. The maximum atomic E-state index is 12.6.